The lowest BCUT2D eigenvalue weighted by Gasteiger charge is -2.17. The molecule has 0 fully saturated rings. The van der Waals surface area contributed by atoms with Crippen LogP contribution in [0.1, 0.15) is 48.4 Å². The third-order valence-corrected chi connectivity index (χ3v) is 5.39. The highest BCUT2D eigenvalue weighted by Crippen LogP contribution is 2.27. The van der Waals surface area contributed by atoms with Gasteiger partial charge in [0.15, 0.2) is 5.76 Å². The van der Waals surface area contributed by atoms with Crippen LogP contribution in [0.2, 0.25) is 0 Å². The summed E-state index contributed by atoms with van der Waals surface area (Å²) in [5.74, 6) is 0.375. The Hall–Kier alpha value is -3.45. The number of hydrogen-bond acceptors (Lipinski definition) is 5. The van der Waals surface area contributed by atoms with Gasteiger partial charge in [-0.1, -0.05) is 43.3 Å². The van der Waals surface area contributed by atoms with Crippen LogP contribution < -0.4 is 10.6 Å². The van der Waals surface area contributed by atoms with Gasteiger partial charge in [-0.05, 0) is 51.2 Å². The van der Waals surface area contributed by atoms with Crippen LogP contribution in [0.3, 0.4) is 0 Å². The number of hydrogen-bond donors (Lipinski definition) is 2. The fourth-order valence-electron chi connectivity index (χ4n) is 3.47. The number of nitrogens with zero attached hydrogens (tertiary/aromatic N) is 2. The Morgan fingerprint density at radius 1 is 0.939 bits per heavy atom. The maximum Gasteiger partial charge on any atom is 0.251 e. The minimum atomic E-state index is -0.124. The molecule has 0 saturated heterocycles. The molecule has 0 radical (unpaired) electrons. The van der Waals surface area contributed by atoms with Crippen LogP contribution in [0.25, 0.3) is 22.6 Å². The molecule has 0 aliphatic carbocycles. The van der Waals surface area contributed by atoms with Crippen molar-refractivity contribution >= 4 is 11.8 Å². The molecular weight excluding hydrogens is 416 g/mol. The summed E-state index contributed by atoms with van der Waals surface area (Å²) in [6.45, 7) is 11.4. The van der Waals surface area contributed by atoms with Crippen molar-refractivity contribution in [2.45, 2.75) is 33.7 Å². The second kappa shape index (κ2) is 11.4. The molecule has 0 saturated carbocycles. The first-order valence-electron chi connectivity index (χ1n) is 11.4. The zero-order valence-corrected chi connectivity index (χ0v) is 19.7. The fraction of sp³-hybridized carbons (Fsp3) is 0.346. The average molecular weight is 449 g/mol. The summed E-state index contributed by atoms with van der Waals surface area (Å²) < 4.78 is 5.53. The monoisotopic (exact) mass is 448 g/mol. The molecule has 7 heteroatoms. The zero-order valence-electron chi connectivity index (χ0n) is 19.7. The Morgan fingerprint density at radius 2 is 1.67 bits per heavy atom. The molecule has 2 N–H and O–H groups in total. The Balaban J connectivity index is 1.66. The molecule has 2 amide bonds. The summed E-state index contributed by atoms with van der Waals surface area (Å²) in [5.41, 5.74) is 3.43. The molecule has 0 spiro atoms. The summed E-state index contributed by atoms with van der Waals surface area (Å²) in [4.78, 5) is 26.9. The van der Waals surface area contributed by atoms with E-state index in [1.54, 1.807) is 24.3 Å². The highest BCUT2D eigenvalue weighted by atomic mass is 16.5. The molecule has 33 heavy (non-hydrogen) atoms. The van der Waals surface area contributed by atoms with Crippen molar-refractivity contribution in [2.75, 3.05) is 26.2 Å². The predicted molar refractivity (Wildman–Crippen MR) is 130 cm³/mol. The number of carbonyl (C=O) groups excluding carboxylic acids is 2. The number of rotatable bonds is 10. The van der Waals surface area contributed by atoms with Crippen molar-refractivity contribution in [1.29, 1.82) is 0 Å². The molecule has 1 aromatic heterocycles. The van der Waals surface area contributed by atoms with Crippen molar-refractivity contribution in [3.63, 3.8) is 0 Å². The Bertz CT molecular complexity index is 1070. The molecule has 0 unspecified atom stereocenters. The van der Waals surface area contributed by atoms with E-state index < -0.39 is 0 Å². The highest BCUT2D eigenvalue weighted by molar-refractivity contribution is 5.96. The maximum atomic E-state index is 12.4. The molecule has 3 rings (SSSR count). The van der Waals surface area contributed by atoms with Gasteiger partial charge in [0, 0.05) is 47.5 Å². The summed E-state index contributed by atoms with van der Waals surface area (Å²) in [6.07, 6.45) is 0. The third kappa shape index (κ3) is 6.52. The number of carbonyl (C=O) groups is 2. The molecule has 0 bridgehead atoms. The van der Waals surface area contributed by atoms with Crippen LogP contribution in [0.4, 0.5) is 0 Å². The van der Waals surface area contributed by atoms with Crippen LogP contribution in [0, 0.1) is 0 Å². The van der Waals surface area contributed by atoms with Crippen LogP contribution >= 0.6 is 0 Å². The minimum absolute atomic E-state index is 0.0623. The normalized spacial score (nSPS) is 11.1. The van der Waals surface area contributed by atoms with E-state index in [1.807, 2.05) is 44.2 Å². The molecule has 2 aromatic carbocycles. The van der Waals surface area contributed by atoms with Gasteiger partial charge < -0.3 is 20.1 Å². The van der Waals surface area contributed by atoms with Gasteiger partial charge in [-0.25, -0.2) is 0 Å². The summed E-state index contributed by atoms with van der Waals surface area (Å²) in [7, 11) is 0. The molecule has 0 aliphatic heterocycles. The van der Waals surface area contributed by atoms with Gasteiger partial charge in [-0.15, -0.1) is 0 Å². The largest absolute Gasteiger partial charge is 0.356 e. The van der Waals surface area contributed by atoms with E-state index in [2.05, 4.69) is 34.5 Å². The highest BCUT2D eigenvalue weighted by Gasteiger charge is 2.13. The van der Waals surface area contributed by atoms with Gasteiger partial charge in [0.05, 0.1) is 0 Å². The Morgan fingerprint density at radius 3 is 2.33 bits per heavy atom. The number of likely N-dealkylation sites (N-methyl/N-ethyl adjacent to an activating group) is 1. The minimum Gasteiger partial charge on any atom is -0.356 e. The van der Waals surface area contributed by atoms with E-state index in [1.165, 1.54) is 0 Å². The molecule has 3 aromatic rings. The standard InChI is InChI=1S/C26H32N4O3/c1-5-30(6-2)15-14-27-25(31)20-12-10-19(11-13-20)24-17-23(29-33-24)21-8-7-9-22(16-21)26(32)28-18(3)4/h7-13,16-18H,5-6,14-15H2,1-4H3,(H,27,31)(H,28,32). The first-order chi connectivity index (χ1) is 15.9. The molecule has 7 nitrogen and oxygen atoms in total. The summed E-state index contributed by atoms with van der Waals surface area (Å²) in [6, 6.07) is 16.4. The molecule has 174 valence electrons. The lowest BCUT2D eigenvalue weighted by Crippen LogP contribution is -2.34. The second-order valence-corrected chi connectivity index (χ2v) is 8.15. The first-order valence-corrected chi connectivity index (χ1v) is 11.4. The van der Waals surface area contributed by atoms with E-state index in [4.69, 9.17) is 4.52 Å². The van der Waals surface area contributed by atoms with Gasteiger partial charge in [-0.2, -0.15) is 0 Å². The van der Waals surface area contributed by atoms with Crippen LogP contribution in [0.5, 0.6) is 0 Å². The SMILES string of the molecule is CCN(CC)CCNC(=O)c1ccc(-c2cc(-c3cccc(C(=O)NC(C)C)c3)no2)cc1. The van der Waals surface area contributed by atoms with Crippen molar-refractivity contribution < 1.29 is 14.1 Å². The van der Waals surface area contributed by atoms with Gasteiger partial charge >= 0.3 is 0 Å². The van der Waals surface area contributed by atoms with Gasteiger partial charge in [0.2, 0.25) is 0 Å². The smallest absolute Gasteiger partial charge is 0.251 e. The van der Waals surface area contributed by atoms with E-state index in [9.17, 15) is 9.59 Å². The quantitative estimate of drug-likeness (QED) is 0.485. The van der Waals surface area contributed by atoms with Gasteiger partial charge in [0.1, 0.15) is 5.69 Å². The summed E-state index contributed by atoms with van der Waals surface area (Å²) in [5, 5.41) is 10.0. The third-order valence-electron chi connectivity index (χ3n) is 5.39. The van der Waals surface area contributed by atoms with Crippen molar-refractivity contribution in [1.82, 2.24) is 20.7 Å². The second-order valence-electron chi connectivity index (χ2n) is 8.15. The predicted octanol–water partition coefficient (Wildman–Crippen LogP) is 4.22. The van der Waals surface area contributed by atoms with Gasteiger partial charge in [0.25, 0.3) is 11.8 Å². The van der Waals surface area contributed by atoms with E-state index in [-0.39, 0.29) is 17.9 Å². The summed E-state index contributed by atoms with van der Waals surface area (Å²) >= 11 is 0. The topological polar surface area (TPSA) is 87.5 Å². The number of nitrogens with one attached hydrogen (secondary N) is 2. The molecule has 0 aliphatic rings. The van der Waals surface area contributed by atoms with E-state index in [0.29, 0.717) is 29.1 Å². The fourth-order valence-corrected chi connectivity index (χ4v) is 3.47. The number of aromatic nitrogens is 1. The Labute approximate surface area is 195 Å². The Kier molecular flexibility index (Phi) is 8.38. The van der Waals surface area contributed by atoms with Gasteiger partial charge in [-0.3, -0.25) is 9.59 Å². The first kappa shape index (κ1) is 24.2. The lowest BCUT2D eigenvalue weighted by molar-refractivity contribution is 0.0937. The van der Waals surface area contributed by atoms with E-state index in [0.717, 1.165) is 30.8 Å². The molecule has 0 atom stereocenters. The maximum absolute atomic E-state index is 12.4. The molecular formula is C26H32N4O3. The zero-order chi connectivity index (χ0) is 23.8. The van der Waals surface area contributed by atoms with Crippen molar-refractivity contribution in [2.24, 2.45) is 0 Å². The average Bonchev–Trinajstić information content (AvgIpc) is 3.32. The van der Waals surface area contributed by atoms with E-state index >= 15 is 0 Å². The van der Waals surface area contributed by atoms with Crippen LogP contribution in [-0.4, -0.2) is 54.1 Å². The number of benzene rings is 2. The van der Waals surface area contributed by atoms with Crippen LogP contribution in [0.15, 0.2) is 59.1 Å². The van der Waals surface area contributed by atoms with Crippen molar-refractivity contribution in [3.8, 4) is 22.6 Å². The van der Waals surface area contributed by atoms with Crippen molar-refractivity contribution in [3.05, 3.63) is 65.7 Å². The lowest BCUT2D eigenvalue weighted by atomic mass is 10.1. The van der Waals surface area contributed by atoms with Crippen LogP contribution in [-0.2, 0) is 0 Å². The molecule has 1 heterocycles. The number of amides is 2.